The molecule has 0 amide bonds. The van der Waals surface area contributed by atoms with Crippen LogP contribution in [-0.2, 0) is 16.2 Å². The first kappa shape index (κ1) is 49.6. The molecular formula is C51H92N6. The molecule has 6 heteroatoms. The number of fused-ring (bicyclic) bond motifs is 3. The van der Waals surface area contributed by atoms with Crippen LogP contribution in [0.5, 0.6) is 0 Å². The molecule has 3 rings (SSSR count). The van der Waals surface area contributed by atoms with Crippen molar-refractivity contribution in [1.82, 2.24) is 29.4 Å². The van der Waals surface area contributed by atoms with Crippen LogP contribution in [0.4, 0.5) is 0 Å². The zero-order valence-corrected chi connectivity index (χ0v) is 40.2. The fraction of sp³-hybridized carbons (Fsp3) is 0.765. The van der Waals surface area contributed by atoms with E-state index in [1.54, 1.807) is 11.1 Å². The van der Waals surface area contributed by atoms with Gasteiger partial charge in [0.2, 0.25) is 0 Å². The minimum absolute atomic E-state index is 0.0708. The fourth-order valence-corrected chi connectivity index (χ4v) is 9.08. The third-order valence-corrected chi connectivity index (χ3v) is 12.6. The van der Waals surface area contributed by atoms with Gasteiger partial charge in [0, 0.05) is 5.41 Å². The van der Waals surface area contributed by atoms with Crippen molar-refractivity contribution in [3.8, 4) is 11.1 Å². The van der Waals surface area contributed by atoms with Crippen LogP contribution in [0.2, 0.25) is 0 Å². The summed E-state index contributed by atoms with van der Waals surface area (Å²) in [6.07, 6.45) is 15.3. The van der Waals surface area contributed by atoms with Gasteiger partial charge in [0.1, 0.15) is 0 Å². The van der Waals surface area contributed by atoms with E-state index in [-0.39, 0.29) is 16.2 Å². The Hall–Kier alpha value is -1.80. The monoisotopic (exact) mass is 789 g/mol. The Morgan fingerprint density at radius 2 is 0.667 bits per heavy atom. The molecule has 0 spiro atoms. The van der Waals surface area contributed by atoms with Gasteiger partial charge in [0.25, 0.3) is 0 Å². The minimum Gasteiger partial charge on any atom is -0.309 e. The van der Waals surface area contributed by atoms with Crippen molar-refractivity contribution in [2.24, 2.45) is 0 Å². The molecule has 2 aromatic rings. The number of benzene rings is 2. The second-order valence-electron chi connectivity index (χ2n) is 21.0. The van der Waals surface area contributed by atoms with Gasteiger partial charge in [-0.05, 0) is 217 Å². The summed E-state index contributed by atoms with van der Waals surface area (Å²) in [7, 11) is 17.6. The van der Waals surface area contributed by atoms with Crippen LogP contribution >= 0.6 is 0 Å². The van der Waals surface area contributed by atoms with Crippen molar-refractivity contribution in [1.29, 1.82) is 0 Å². The van der Waals surface area contributed by atoms with Crippen LogP contribution in [0, 0.1) is 0 Å². The predicted octanol–water partition coefficient (Wildman–Crippen LogP) is 10.1. The van der Waals surface area contributed by atoms with Gasteiger partial charge >= 0.3 is 0 Å². The minimum atomic E-state index is 0.0708. The van der Waals surface area contributed by atoms with Crippen molar-refractivity contribution < 1.29 is 0 Å². The summed E-state index contributed by atoms with van der Waals surface area (Å²) >= 11 is 0. The molecule has 0 saturated heterocycles. The van der Waals surface area contributed by atoms with Gasteiger partial charge in [0.05, 0.1) is 0 Å². The standard InChI is InChI=1S/C51H92N6/c1-49(2,3)43-25-27-45-46-28-26-44(50(4,5)6)42-48(46)51(47(45)41-43,29-17-15-19-35-56(37-21-31-52(7)8)38-22-32-53(9)10)30-18-16-20-36-57(39-23-33-54(11)12)40-24-34-55(13)14/h25-28,41-42H,15-24,29-40H2,1-14H3. The normalized spacial score (nSPS) is 14.3. The van der Waals surface area contributed by atoms with E-state index in [4.69, 9.17) is 0 Å². The van der Waals surface area contributed by atoms with Gasteiger partial charge in [-0.3, -0.25) is 0 Å². The highest BCUT2D eigenvalue weighted by molar-refractivity contribution is 5.82. The van der Waals surface area contributed by atoms with Crippen molar-refractivity contribution >= 4 is 0 Å². The molecule has 0 atom stereocenters. The second kappa shape index (κ2) is 23.8. The lowest BCUT2D eigenvalue weighted by Gasteiger charge is -2.35. The second-order valence-corrected chi connectivity index (χ2v) is 21.0. The van der Waals surface area contributed by atoms with Gasteiger partial charge in [-0.1, -0.05) is 104 Å². The van der Waals surface area contributed by atoms with E-state index in [1.165, 1.54) is 165 Å². The Kier molecular flexibility index (Phi) is 20.7. The topological polar surface area (TPSA) is 19.4 Å². The van der Waals surface area contributed by atoms with Crippen LogP contribution < -0.4 is 0 Å². The number of nitrogens with zero attached hydrogens (tertiary/aromatic N) is 6. The Morgan fingerprint density at radius 1 is 0.368 bits per heavy atom. The van der Waals surface area contributed by atoms with Crippen LogP contribution in [0.25, 0.3) is 11.1 Å². The maximum Gasteiger partial charge on any atom is 0.0215 e. The Morgan fingerprint density at radius 3 is 0.947 bits per heavy atom. The van der Waals surface area contributed by atoms with Crippen LogP contribution in [-0.4, -0.2) is 151 Å². The Labute approximate surface area is 354 Å². The third-order valence-electron chi connectivity index (χ3n) is 12.6. The molecule has 57 heavy (non-hydrogen) atoms. The maximum atomic E-state index is 2.76. The first-order valence-corrected chi connectivity index (χ1v) is 23.2. The van der Waals surface area contributed by atoms with E-state index in [2.05, 4.69) is 164 Å². The molecule has 326 valence electrons. The largest absolute Gasteiger partial charge is 0.309 e. The zero-order valence-electron chi connectivity index (χ0n) is 40.2. The summed E-state index contributed by atoms with van der Waals surface area (Å²) in [5.41, 5.74) is 9.52. The molecule has 0 aromatic heterocycles. The highest BCUT2D eigenvalue weighted by Crippen LogP contribution is 2.55. The van der Waals surface area contributed by atoms with Crippen LogP contribution in [0.15, 0.2) is 36.4 Å². The number of rotatable bonds is 28. The van der Waals surface area contributed by atoms with E-state index < -0.39 is 0 Å². The molecule has 6 nitrogen and oxygen atoms in total. The van der Waals surface area contributed by atoms with Crippen LogP contribution in [0.3, 0.4) is 0 Å². The van der Waals surface area contributed by atoms with E-state index in [0.717, 1.165) is 0 Å². The lowest BCUT2D eigenvalue weighted by Crippen LogP contribution is -2.31. The molecule has 0 saturated carbocycles. The Balaban J connectivity index is 1.86. The summed E-state index contributed by atoms with van der Waals surface area (Å²) in [4.78, 5) is 14.9. The van der Waals surface area contributed by atoms with Gasteiger partial charge in [0.15, 0.2) is 0 Å². The summed E-state index contributed by atoms with van der Waals surface area (Å²) in [6.45, 7) is 26.3. The molecule has 0 heterocycles. The highest BCUT2D eigenvalue weighted by Gasteiger charge is 2.43. The molecule has 0 aliphatic heterocycles. The quantitative estimate of drug-likeness (QED) is 0.0795. The number of hydrogen-bond acceptors (Lipinski definition) is 6. The molecule has 1 aliphatic rings. The van der Waals surface area contributed by atoms with Crippen LogP contribution in [0.1, 0.15) is 141 Å². The summed E-state index contributed by atoms with van der Waals surface area (Å²) in [5, 5.41) is 0. The van der Waals surface area contributed by atoms with Gasteiger partial charge in [-0.15, -0.1) is 0 Å². The molecule has 0 unspecified atom stereocenters. The average Bonchev–Trinajstić information content (AvgIpc) is 3.38. The van der Waals surface area contributed by atoms with E-state index in [1.807, 2.05) is 0 Å². The lowest BCUT2D eigenvalue weighted by atomic mass is 9.69. The Bertz CT molecular complexity index is 1280. The summed E-state index contributed by atoms with van der Waals surface area (Å²) in [6, 6.07) is 15.1. The van der Waals surface area contributed by atoms with Gasteiger partial charge < -0.3 is 29.4 Å². The average molecular weight is 789 g/mol. The first-order chi connectivity index (χ1) is 26.8. The lowest BCUT2D eigenvalue weighted by molar-refractivity contribution is 0.234. The van der Waals surface area contributed by atoms with E-state index in [0.29, 0.717) is 0 Å². The smallest absolute Gasteiger partial charge is 0.0215 e. The molecule has 1 aliphatic carbocycles. The van der Waals surface area contributed by atoms with Crippen molar-refractivity contribution in [3.05, 3.63) is 58.7 Å². The highest BCUT2D eigenvalue weighted by atomic mass is 15.1. The van der Waals surface area contributed by atoms with Gasteiger partial charge in [-0.2, -0.15) is 0 Å². The third kappa shape index (κ3) is 16.6. The first-order valence-electron chi connectivity index (χ1n) is 23.2. The molecule has 0 radical (unpaired) electrons. The van der Waals surface area contributed by atoms with Crippen molar-refractivity contribution in [2.75, 3.05) is 122 Å². The van der Waals surface area contributed by atoms with Crippen molar-refractivity contribution in [2.45, 2.75) is 135 Å². The molecule has 0 fully saturated rings. The number of hydrogen-bond donors (Lipinski definition) is 0. The molecule has 0 bridgehead atoms. The zero-order chi connectivity index (χ0) is 42.2. The predicted molar refractivity (Wildman–Crippen MR) is 253 cm³/mol. The number of unbranched alkanes of at least 4 members (excludes halogenated alkanes) is 4. The van der Waals surface area contributed by atoms with E-state index in [9.17, 15) is 0 Å². The SMILES string of the molecule is CN(C)CCCN(CCCCCC1(CCCCCN(CCCN(C)C)CCCN(C)C)c2cc(C(C)(C)C)ccc2-c2ccc(C(C)(C)C)cc21)CCCN(C)C. The summed E-state index contributed by atoms with van der Waals surface area (Å²) < 4.78 is 0. The van der Waals surface area contributed by atoms with Gasteiger partial charge in [-0.25, -0.2) is 0 Å². The molecule has 2 aromatic carbocycles. The maximum absolute atomic E-state index is 2.76. The van der Waals surface area contributed by atoms with E-state index >= 15 is 0 Å². The molecular weight excluding hydrogens is 697 g/mol. The summed E-state index contributed by atoms with van der Waals surface area (Å²) in [5.74, 6) is 0. The fourth-order valence-electron chi connectivity index (χ4n) is 9.08. The van der Waals surface area contributed by atoms with Crippen molar-refractivity contribution in [3.63, 3.8) is 0 Å². The molecule has 0 N–H and O–H groups in total.